The monoisotopic (exact) mass is 340 g/mol. The number of methoxy groups -OCH3 is 2. The molecular formula is C18H16N2O5. The molecule has 1 N–H and O–H groups in total. The van der Waals surface area contributed by atoms with E-state index in [4.69, 9.17) is 9.47 Å². The summed E-state index contributed by atoms with van der Waals surface area (Å²) in [6, 6.07) is 9.70. The second kappa shape index (κ2) is 6.27. The van der Waals surface area contributed by atoms with E-state index in [-0.39, 0.29) is 22.4 Å². The average Bonchev–Trinajstić information content (AvgIpc) is 2.86. The molecule has 0 radical (unpaired) electrons. The minimum atomic E-state index is -0.502. The zero-order chi connectivity index (χ0) is 18.1. The van der Waals surface area contributed by atoms with Crippen LogP contribution in [0.3, 0.4) is 0 Å². The van der Waals surface area contributed by atoms with Crippen LogP contribution in [0.4, 0.5) is 5.69 Å². The lowest BCUT2D eigenvalue weighted by Gasteiger charge is -2.14. The molecule has 0 bridgehead atoms. The van der Waals surface area contributed by atoms with Gasteiger partial charge in [0.15, 0.2) is 0 Å². The fourth-order valence-corrected chi connectivity index (χ4v) is 2.77. The predicted molar refractivity (Wildman–Crippen MR) is 90.4 cm³/mol. The van der Waals surface area contributed by atoms with Crippen molar-refractivity contribution in [2.75, 3.05) is 26.6 Å². The number of ether oxygens (including phenoxy) is 2. The maximum absolute atomic E-state index is 12.8. The van der Waals surface area contributed by atoms with Crippen molar-refractivity contribution in [3.05, 3.63) is 53.1 Å². The molecule has 0 aliphatic carbocycles. The van der Waals surface area contributed by atoms with E-state index < -0.39 is 17.7 Å². The molecular weight excluding hydrogens is 324 g/mol. The van der Waals surface area contributed by atoms with Gasteiger partial charge in [0, 0.05) is 7.05 Å². The summed E-state index contributed by atoms with van der Waals surface area (Å²) in [5.74, 6) is -0.681. The Bertz CT molecular complexity index is 869. The van der Waals surface area contributed by atoms with Crippen LogP contribution in [0.2, 0.25) is 0 Å². The molecule has 3 rings (SSSR count). The van der Waals surface area contributed by atoms with Gasteiger partial charge in [-0.2, -0.15) is 0 Å². The van der Waals surface area contributed by atoms with Crippen molar-refractivity contribution in [3.63, 3.8) is 0 Å². The van der Waals surface area contributed by atoms with Gasteiger partial charge in [-0.3, -0.25) is 19.3 Å². The molecule has 7 heteroatoms. The summed E-state index contributed by atoms with van der Waals surface area (Å²) >= 11 is 0. The standard InChI is InChI=1S/C18H16N2O5/c1-20-17(22)10-6-4-7-11(14(10)18(20)23)19-16(21)15-12(24-2)8-5-9-13(15)25-3/h4-9H,1-3H3,(H,19,21). The minimum Gasteiger partial charge on any atom is -0.496 e. The molecule has 0 atom stereocenters. The van der Waals surface area contributed by atoms with Gasteiger partial charge in [0.05, 0.1) is 31.0 Å². The Balaban J connectivity index is 2.03. The predicted octanol–water partition coefficient (Wildman–Crippen LogP) is 2.18. The Labute approximate surface area is 144 Å². The van der Waals surface area contributed by atoms with E-state index in [9.17, 15) is 14.4 Å². The first-order chi connectivity index (χ1) is 12.0. The summed E-state index contributed by atoms with van der Waals surface area (Å²) in [6.45, 7) is 0. The van der Waals surface area contributed by atoms with Crippen molar-refractivity contribution in [3.8, 4) is 11.5 Å². The summed E-state index contributed by atoms with van der Waals surface area (Å²) in [5.41, 5.74) is 0.905. The molecule has 2 aromatic carbocycles. The van der Waals surface area contributed by atoms with E-state index in [2.05, 4.69) is 5.32 Å². The lowest BCUT2D eigenvalue weighted by molar-refractivity contribution is 0.0693. The van der Waals surface area contributed by atoms with E-state index in [1.165, 1.54) is 21.3 Å². The zero-order valence-corrected chi connectivity index (χ0v) is 14.0. The normalized spacial score (nSPS) is 12.8. The van der Waals surface area contributed by atoms with Crippen LogP contribution >= 0.6 is 0 Å². The summed E-state index contributed by atoms with van der Waals surface area (Å²) in [4.78, 5) is 38.1. The molecule has 0 aromatic heterocycles. The molecule has 7 nitrogen and oxygen atoms in total. The summed E-state index contributed by atoms with van der Waals surface area (Å²) < 4.78 is 10.4. The lowest BCUT2D eigenvalue weighted by atomic mass is 10.1. The van der Waals surface area contributed by atoms with Crippen LogP contribution in [0.1, 0.15) is 31.1 Å². The van der Waals surface area contributed by atoms with E-state index >= 15 is 0 Å². The first-order valence-corrected chi connectivity index (χ1v) is 7.47. The number of anilines is 1. The third-order valence-corrected chi connectivity index (χ3v) is 4.02. The Morgan fingerprint density at radius 2 is 1.56 bits per heavy atom. The van der Waals surface area contributed by atoms with Crippen LogP contribution < -0.4 is 14.8 Å². The second-order valence-corrected chi connectivity index (χ2v) is 5.39. The summed E-state index contributed by atoms with van der Waals surface area (Å²) in [6.07, 6.45) is 0. The number of fused-ring (bicyclic) bond motifs is 1. The van der Waals surface area contributed by atoms with Crippen molar-refractivity contribution in [1.82, 2.24) is 4.90 Å². The molecule has 0 saturated heterocycles. The first-order valence-electron chi connectivity index (χ1n) is 7.47. The van der Waals surface area contributed by atoms with Crippen LogP contribution in [0.25, 0.3) is 0 Å². The maximum Gasteiger partial charge on any atom is 0.263 e. The summed E-state index contributed by atoms with van der Waals surface area (Å²) in [7, 11) is 4.30. The third-order valence-electron chi connectivity index (χ3n) is 4.02. The Hall–Kier alpha value is -3.35. The van der Waals surface area contributed by atoms with E-state index in [1.807, 2.05) is 0 Å². The van der Waals surface area contributed by atoms with Gasteiger partial charge in [0.1, 0.15) is 17.1 Å². The van der Waals surface area contributed by atoms with Crippen molar-refractivity contribution >= 4 is 23.4 Å². The number of rotatable bonds is 4. The molecule has 0 spiro atoms. The number of benzene rings is 2. The largest absolute Gasteiger partial charge is 0.496 e. The lowest BCUT2D eigenvalue weighted by Crippen LogP contribution is -2.24. The number of nitrogens with one attached hydrogen (secondary N) is 1. The fourth-order valence-electron chi connectivity index (χ4n) is 2.77. The zero-order valence-electron chi connectivity index (χ0n) is 14.0. The minimum absolute atomic E-state index is 0.178. The highest BCUT2D eigenvalue weighted by molar-refractivity contribution is 6.24. The van der Waals surface area contributed by atoms with Crippen molar-refractivity contribution in [1.29, 1.82) is 0 Å². The molecule has 2 aromatic rings. The highest BCUT2D eigenvalue weighted by atomic mass is 16.5. The van der Waals surface area contributed by atoms with Crippen molar-refractivity contribution < 1.29 is 23.9 Å². The Morgan fingerprint density at radius 1 is 0.960 bits per heavy atom. The van der Waals surface area contributed by atoms with Crippen LogP contribution in [0.5, 0.6) is 11.5 Å². The summed E-state index contributed by atoms with van der Waals surface area (Å²) in [5, 5.41) is 2.68. The van der Waals surface area contributed by atoms with Crippen molar-refractivity contribution in [2.45, 2.75) is 0 Å². The molecule has 0 fully saturated rings. The van der Waals surface area contributed by atoms with E-state index in [0.717, 1.165) is 4.90 Å². The SMILES string of the molecule is COc1cccc(OC)c1C(=O)Nc1cccc2c1C(=O)N(C)C2=O. The molecule has 1 heterocycles. The Morgan fingerprint density at radius 3 is 2.16 bits per heavy atom. The van der Waals surface area contributed by atoms with Crippen molar-refractivity contribution in [2.24, 2.45) is 0 Å². The van der Waals surface area contributed by atoms with Gasteiger partial charge in [0.2, 0.25) is 0 Å². The Kier molecular flexibility index (Phi) is 4.14. The first kappa shape index (κ1) is 16.5. The van der Waals surface area contributed by atoms with Gasteiger partial charge < -0.3 is 14.8 Å². The number of hydrogen-bond donors (Lipinski definition) is 1. The number of amides is 3. The number of carbonyl (C=O) groups excluding carboxylic acids is 3. The molecule has 3 amide bonds. The van der Waals surface area contributed by atoms with Crippen LogP contribution in [0.15, 0.2) is 36.4 Å². The highest BCUT2D eigenvalue weighted by Crippen LogP contribution is 2.32. The van der Waals surface area contributed by atoms with E-state index in [0.29, 0.717) is 11.5 Å². The third kappa shape index (κ3) is 2.59. The number of imide groups is 1. The second-order valence-electron chi connectivity index (χ2n) is 5.39. The molecule has 0 unspecified atom stereocenters. The van der Waals surface area contributed by atoms with E-state index in [1.54, 1.807) is 36.4 Å². The highest BCUT2D eigenvalue weighted by Gasteiger charge is 2.35. The smallest absolute Gasteiger partial charge is 0.263 e. The number of carbonyl (C=O) groups is 3. The van der Waals surface area contributed by atoms with Gasteiger partial charge in [-0.15, -0.1) is 0 Å². The van der Waals surface area contributed by atoms with Gasteiger partial charge in [-0.05, 0) is 24.3 Å². The molecule has 1 aliphatic rings. The fraction of sp³-hybridized carbons (Fsp3) is 0.167. The van der Waals surface area contributed by atoms with Gasteiger partial charge in [-0.1, -0.05) is 12.1 Å². The number of nitrogens with zero attached hydrogens (tertiary/aromatic N) is 1. The van der Waals surface area contributed by atoms with Crippen LogP contribution in [0, 0.1) is 0 Å². The molecule has 128 valence electrons. The topological polar surface area (TPSA) is 84.9 Å². The average molecular weight is 340 g/mol. The molecule has 25 heavy (non-hydrogen) atoms. The van der Waals surface area contributed by atoms with Crippen LogP contribution in [-0.4, -0.2) is 43.9 Å². The van der Waals surface area contributed by atoms with Gasteiger partial charge >= 0.3 is 0 Å². The quantitative estimate of drug-likeness (QED) is 0.863. The van der Waals surface area contributed by atoms with Crippen LogP contribution in [-0.2, 0) is 0 Å². The number of hydrogen-bond acceptors (Lipinski definition) is 5. The molecule has 0 saturated carbocycles. The van der Waals surface area contributed by atoms with Gasteiger partial charge in [-0.25, -0.2) is 0 Å². The molecule has 1 aliphatic heterocycles. The van der Waals surface area contributed by atoms with Gasteiger partial charge in [0.25, 0.3) is 17.7 Å². The maximum atomic E-state index is 12.8.